The third-order valence-electron chi connectivity index (χ3n) is 1.79. The van der Waals surface area contributed by atoms with Crippen LogP contribution in [0.2, 0.25) is 0 Å². The van der Waals surface area contributed by atoms with Crippen molar-refractivity contribution < 1.29 is 4.79 Å². The third-order valence-corrected chi connectivity index (χ3v) is 2.52. The zero-order valence-electron chi connectivity index (χ0n) is 8.04. The lowest BCUT2D eigenvalue weighted by Crippen LogP contribution is -2.38. The number of aliphatic imine (C=N–C) groups is 1. The smallest absolute Gasteiger partial charge is 0.274 e. The molecule has 0 radical (unpaired) electrons. The molecule has 1 heterocycles. The van der Waals surface area contributed by atoms with Crippen molar-refractivity contribution >= 4 is 34.8 Å². The van der Waals surface area contributed by atoms with E-state index in [0.29, 0.717) is 13.1 Å². The van der Waals surface area contributed by atoms with Crippen molar-refractivity contribution in [1.82, 2.24) is 4.90 Å². The standard InChI is InChI=1S/C10H10Cl2N2O/c1-3-5-14(6-4-2)10(15)8-7(11)9(12)13-8/h3-4H,1-2,5-6H2. The van der Waals surface area contributed by atoms with E-state index >= 15 is 0 Å². The second kappa shape index (κ2) is 5.14. The molecule has 1 aliphatic rings. The summed E-state index contributed by atoms with van der Waals surface area (Å²) in [6.07, 6.45) is 3.25. The molecule has 0 aromatic heterocycles. The Labute approximate surface area is 98.4 Å². The van der Waals surface area contributed by atoms with E-state index in [1.165, 1.54) is 4.90 Å². The van der Waals surface area contributed by atoms with E-state index < -0.39 is 0 Å². The Bertz CT molecular complexity index is 362. The first-order valence-electron chi connectivity index (χ1n) is 4.27. The molecule has 1 amide bonds. The van der Waals surface area contributed by atoms with Crippen molar-refractivity contribution in [2.24, 2.45) is 4.99 Å². The predicted molar refractivity (Wildman–Crippen MR) is 63.1 cm³/mol. The van der Waals surface area contributed by atoms with Crippen LogP contribution in [0.4, 0.5) is 0 Å². The Kier molecular flexibility index (Phi) is 4.12. The first-order chi connectivity index (χ1) is 7.11. The van der Waals surface area contributed by atoms with Crippen LogP contribution in [0.3, 0.4) is 0 Å². The topological polar surface area (TPSA) is 32.7 Å². The summed E-state index contributed by atoms with van der Waals surface area (Å²) in [7, 11) is 0. The molecule has 15 heavy (non-hydrogen) atoms. The highest BCUT2D eigenvalue weighted by Gasteiger charge is 2.28. The summed E-state index contributed by atoms with van der Waals surface area (Å²) in [5, 5.41) is 0.400. The number of carbonyl (C=O) groups excluding carboxylic acids is 1. The number of hydrogen-bond donors (Lipinski definition) is 0. The van der Waals surface area contributed by atoms with Crippen molar-refractivity contribution in [1.29, 1.82) is 0 Å². The summed E-state index contributed by atoms with van der Waals surface area (Å²) in [6.45, 7) is 7.97. The molecule has 0 aromatic carbocycles. The molecule has 0 saturated heterocycles. The maximum atomic E-state index is 11.8. The van der Waals surface area contributed by atoms with E-state index in [1.807, 2.05) is 0 Å². The van der Waals surface area contributed by atoms with Gasteiger partial charge >= 0.3 is 0 Å². The van der Waals surface area contributed by atoms with E-state index in [9.17, 15) is 4.79 Å². The van der Waals surface area contributed by atoms with E-state index in [-0.39, 0.29) is 21.8 Å². The summed E-state index contributed by atoms with van der Waals surface area (Å²) < 4.78 is 0. The van der Waals surface area contributed by atoms with Crippen LogP contribution in [-0.4, -0.2) is 29.6 Å². The Balaban J connectivity index is 2.70. The maximum absolute atomic E-state index is 11.8. The van der Waals surface area contributed by atoms with Crippen LogP contribution in [-0.2, 0) is 4.79 Å². The fourth-order valence-corrected chi connectivity index (χ4v) is 1.42. The minimum Gasteiger partial charge on any atom is -0.330 e. The van der Waals surface area contributed by atoms with Gasteiger partial charge in [-0.05, 0) is 0 Å². The Morgan fingerprint density at radius 2 is 1.87 bits per heavy atom. The molecule has 0 aromatic rings. The van der Waals surface area contributed by atoms with E-state index in [4.69, 9.17) is 23.2 Å². The first-order valence-corrected chi connectivity index (χ1v) is 5.02. The van der Waals surface area contributed by atoms with Gasteiger partial charge in [0.2, 0.25) is 0 Å². The number of halogens is 2. The van der Waals surface area contributed by atoms with Crippen molar-refractivity contribution in [2.45, 2.75) is 0 Å². The average molecular weight is 245 g/mol. The van der Waals surface area contributed by atoms with Gasteiger partial charge in [0.15, 0.2) is 10.9 Å². The average Bonchev–Trinajstić information content (AvgIpc) is 2.24. The van der Waals surface area contributed by atoms with Crippen molar-refractivity contribution in [3.63, 3.8) is 0 Å². The summed E-state index contributed by atoms with van der Waals surface area (Å²) in [5.74, 6) is -0.260. The molecule has 80 valence electrons. The quantitative estimate of drug-likeness (QED) is 0.540. The highest BCUT2D eigenvalue weighted by Crippen LogP contribution is 2.27. The van der Waals surface area contributed by atoms with Crippen LogP contribution in [0.15, 0.2) is 40.5 Å². The van der Waals surface area contributed by atoms with Gasteiger partial charge in [-0.1, -0.05) is 35.4 Å². The highest BCUT2D eigenvalue weighted by atomic mass is 35.5. The molecular weight excluding hydrogens is 235 g/mol. The molecule has 0 N–H and O–H groups in total. The molecular formula is C10H10Cl2N2O. The summed E-state index contributed by atoms with van der Waals surface area (Å²) in [6, 6.07) is 0. The van der Waals surface area contributed by atoms with Gasteiger partial charge in [-0.15, -0.1) is 13.2 Å². The first kappa shape index (κ1) is 12.0. The zero-order chi connectivity index (χ0) is 11.4. The SMILES string of the molecule is C=CCN(CC=C)C(=O)C1=NC(Cl)=C1Cl. The fourth-order valence-electron chi connectivity index (χ4n) is 1.08. The van der Waals surface area contributed by atoms with Gasteiger partial charge in [-0.2, -0.15) is 0 Å². The Morgan fingerprint density at radius 1 is 1.33 bits per heavy atom. The number of nitrogens with zero attached hydrogens (tertiary/aromatic N) is 2. The molecule has 0 unspecified atom stereocenters. The monoisotopic (exact) mass is 244 g/mol. The van der Waals surface area contributed by atoms with Gasteiger partial charge in [0.25, 0.3) is 5.91 Å². The van der Waals surface area contributed by atoms with Crippen LogP contribution in [0.25, 0.3) is 0 Å². The Morgan fingerprint density at radius 3 is 2.20 bits per heavy atom. The van der Waals surface area contributed by atoms with Gasteiger partial charge in [0, 0.05) is 13.1 Å². The maximum Gasteiger partial charge on any atom is 0.274 e. The second-order valence-electron chi connectivity index (χ2n) is 2.85. The minimum atomic E-state index is -0.260. The van der Waals surface area contributed by atoms with E-state index in [1.54, 1.807) is 12.2 Å². The summed E-state index contributed by atoms with van der Waals surface area (Å²) in [4.78, 5) is 17.1. The molecule has 3 nitrogen and oxygen atoms in total. The second-order valence-corrected chi connectivity index (χ2v) is 3.59. The molecule has 5 heteroatoms. The minimum absolute atomic E-state index is 0.178. The Hall–Kier alpha value is -1.06. The number of carbonyl (C=O) groups is 1. The molecule has 0 spiro atoms. The number of amides is 1. The lowest BCUT2D eigenvalue weighted by molar-refractivity contribution is -0.123. The molecule has 0 saturated carbocycles. The van der Waals surface area contributed by atoms with E-state index in [0.717, 1.165) is 0 Å². The summed E-state index contributed by atoms with van der Waals surface area (Å²) >= 11 is 11.3. The van der Waals surface area contributed by atoms with Gasteiger partial charge in [0.1, 0.15) is 5.03 Å². The fraction of sp³-hybridized carbons (Fsp3) is 0.200. The van der Waals surface area contributed by atoms with Crippen LogP contribution in [0.5, 0.6) is 0 Å². The van der Waals surface area contributed by atoms with Crippen LogP contribution < -0.4 is 0 Å². The van der Waals surface area contributed by atoms with E-state index in [2.05, 4.69) is 18.2 Å². The van der Waals surface area contributed by atoms with Crippen LogP contribution >= 0.6 is 23.2 Å². The normalized spacial score (nSPS) is 14.1. The summed E-state index contributed by atoms with van der Waals surface area (Å²) in [5.41, 5.74) is 0.199. The molecule has 0 aliphatic carbocycles. The zero-order valence-corrected chi connectivity index (χ0v) is 9.55. The van der Waals surface area contributed by atoms with Crippen molar-refractivity contribution in [2.75, 3.05) is 13.1 Å². The molecule has 0 bridgehead atoms. The molecule has 1 aliphatic heterocycles. The van der Waals surface area contributed by atoms with Gasteiger partial charge in [-0.3, -0.25) is 4.79 Å². The van der Waals surface area contributed by atoms with Crippen molar-refractivity contribution in [3.8, 4) is 0 Å². The van der Waals surface area contributed by atoms with Gasteiger partial charge < -0.3 is 4.90 Å². The lowest BCUT2D eigenvalue weighted by Gasteiger charge is -2.22. The van der Waals surface area contributed by atoms with Crippen LogP contribution in [0, 0.1) is 0 Å². The van der Waals surface area contributed by atoms with Crippen LogP contribution in [0.1, 0.15) is 0 Å². The van der Waals surface area contributed by atoms with Gasteiger partial charge in [-0.25, -0.2) is 4.99 Å². The van der Waals surface area contributed by atoms with Crippen molar-refractivity contribution in [3.05, 3.63) is 35.5 Å². The highest BCUT2D eigenvalue weighted by molar-refractivity contribution is 6.65. The molecule has 1 rings (SSSR count). The third kappa shape index (κ3) is 2.49. The predicted octanol–water partition coefficient (Wildman–Crippen LogP) is 2.29. The number of hydrogen-bond acceptors (Lipinski definition) is 2. The molecule has 0 fully saturated rings. The largest absolute Gasteiger partial charge is 0.330 e. The number of rotatable bonds is 5. The van der Waals surface area contributed by atoms with Gasteiger partial charge in [0.05, 0.1) is 0 Å². The molecule has 0 atom stereocenters. The lowest BCUT2D eigenvalue weighted by atomic mass is 10.2.